The van der Waals surface area contributed by atoms with Gasteiger partial charge in [0.1, 0.15) is 29.2 Å². The highest BCUT2D eigenvalue weighted by Gasteiger charge is 2.57. The number of rotatable bonds is 4. The average Bonchev–Trinajstić information content (AvgIpc) is 2.90. The van der Waals surface area contributed by atoms with Gasteiger partial charge in [-0.15, -0.1) is 0 Å². The molecule has 2 aliphatic rings. The lowest BCUT2D eigenvalue weighted by atomic mass is 10.1. The van der Waals surface area contributed by atoms with Crippen molar-refractivity contribution in [3.05, 3.63) is 56.7 Å². The van der Waals surface area contributed by atoms with Crippen LogP contribution < -0.4 is 10.2 Å². The largest absolute Gasteiger partial charge is 0.530 e. The molecule has 3 heterocycles. The maximum atomic E-state index is 15.8. The van der Waals surface area contributed by atoms with Crippen molar-refractivity contribution in [1.82, 2.24) is 9.55 Å². The summed E-state index contributed by atoms with van der Waals surface area (Å²) in [5.74, 6) is -3.90. The van der Waals surface area contributed by atoms with Crippen LogP contribution in [0.5, 0.6) is 5.75 Å². The highest BCUT2D eigenvalue weighted by Crippen LogP contribution is 2.56. The number of aromatic amines is 1. The van der Waals surface area contributed by atoms with E-state index < -0.39 is 44.3 Å². The number of phosphoric ester groups is 1. The van der Waals surface area contributed by atoms with Gasteiger partial charge in [-0.25, -0.2) is 13.8 Å². The first-order chi connectivity index (χ1) is 15.2. The molecule has 2 aromatic rings. The van der Waals surface area contributed by atoms with Crippen LogP contribution in [0.4, 0.5) is 4.39 Å². The smallest absolute Gasteiger partial charge is 0.403 e. The quantitative estimate of drug-likeness (QED) is 0.459. The van der Waals surface area contributed by atoms with Crippen molar-refractivity contribution < 1.29 is 41.6 Å². The summed E-state index contributed by atoms with van der Waals surface area (Å²) in [5, 5.41) is 20.6. The molecule has 2 aliphatic heterocycles. The first-order valence-electron chi connectivity index (χ1n) is 10.0. The van der Waals surface area contributed by atoms with Crippen molar-refractivity contribution >= 4 is 20.0 Å². The normalized spacial score (nSPS) is 37.5. The van der Waals surface area contributed by atoms with Crippen molar-refractivity contribution in [1.29, 1.82) is 0 Å². The third kappa shape index (κ3) is 3.76. The molecule has 0 saturated carbocycles. The van der Waals surface area contributed by atoms with Gasteiger partial charge in [0.2, 0.25) is 0 Å². The Labute approximate surface area is 178 Å². The topological polar surface area (TPSA) is 132 Å². The lowest BCUT2D eigenvalue weighted by Gasteiger charge is -2.29. The van der Waals surface area contributed by atoms with Crippen LogP contribution in [0.1, 0.15) is 21.4 Å². The van der Waals surface area contributed by atoms with Crippen LogP contribution in [-0.4, -0.2) is 44.4 Å². The van der Waals surface area contributed by atoms with Crippen LogP contribution in [-0.2, 0) is 25.0 Å². The molecule has 1 unspecified atom stereocenters. The van der Waals surface area contributed by atoms with Crippen molar-refractivity contribution in [3.8, 4) is 5.75 Å². The summed E-state index contributed by atoms with van der Waals surface area (Å²) in [6.07, 6.45) is -7.40. The van der Waals surface area contributed by atoms with E-state index in [0.717, 1.165) is 12.3 Å². The second-order valence-corrected chi connectivity index (χ2v) is 8.48. The number of hydrogen-bond donors (Lipinski definition) is 3. The van der Waals surface area contributed by atoms with Crippen LogP contribution >= 0.6 is 20.0 Å². The third-order valence-electron chi connectivity index (χ3n) is 4.42. The lowest BCUT2D eigenvalue weighted by molar-refractivity contribution is -0.205. The highest BCUT2D eigenvalue weighted by molar-refractivity contribution is 7.71. The molecule has 162 valence electrons. The van der Waals surface area contributed by atoms with Crippen molar-refractivity contribution in [2.45, 2.75) is 37.8 Å². The summed E-state index contributed by atoms with van der Waals surface area (Å²) in [6, 6.07) is 6.04. The molecule has 1 saturated heterocycles. The Morgan fingerprint density at radius 1 is 1.53 bits per heavy atom. The van der Waals surface area contributed by atoms with Gasteiger partial charge in [-0.3, -0.25) is 18.6 Å². The number of phosphoric acid groups is 1. The third-order valence-corrected chi connectivity index (χ3v) is 5.82. The van der Waals surface area contributed by atoms with Gasteiger partial charge < -0.3 is 19.5 Å². The van der Waals surface area contributed by atoms with Gasteiger partial charge in [0, 0.05) is 11.8 Å². The van der Waals surface area contributed by atoms with Crippen LogP contribution in [0, 0.1) is 11.6 Å². The number of ether oxygens (including phenoxy) is 1. The summed E-state index contributed by atoms with van der Waals surface area (Å²) in [7, 11) is -4.80. The fraction of sp³-hybridized carbons (Fsp3) is 0.412. The molecule has 13 heteroatoms. The zero-order chi connectivity index (χ0) is 24.4. The van der Waals surface area contributed by atoms with Gasteiger partial charge >= 0.3 is 13.5 Å². The minimum Gasteiger partial charge on any atom is -0.403 e. The second kappa shape index (κ2) is 7.65. The first-order valence-corrected chi connectivity index (χ1v) is 10.4. The molecule has 1 aromatic carbocycles. The molecule has 3 N–H and O–H groups in total. The van der Waals surface area contributed by atoms with Crippen molar-refractivity contribution in [2.24, 2.45) is 0 Å². The van der Waals surface area contributed by atoms with E-state index in [2.05, 4.69) is 4.98 Å². The van der Waals surface area contributed by atoms with Crippen LogP contribution in [0.3, 0.4) is 0 Å². The number of halogens is 1. The Morgan fingerprint density at radius 3 is 3.03 bits per heavy atom. The number of H-pyrrole nitrogens is 1. The fourth-order valence-electron chi connectivity index (χ4n) is 2.88. The summed E-state index contributed by atoms with van der Waals surface area (Å²) >= 11 is 4.77. The standard InChI is InChI=1S/C17H18FN2O8PS/c1-9-3-2-4-10-7-25-29(24,28-13(9)10)26-8-17(18)14(22)12(21)15(27-17)20-6-5-11(30)19-16(20)23/h2-6,12,14-15,21-22H,7-8H2,1H3,(H,19,23,30)/t12-,14+,15-,17-,29?/m1/s1/i8D2,15D. The minimum absolute atomic E-state index is 0.0432. The van der Waals surface area contributed by atoms with Gasteiger partial charge in [0.25, 0.3) is 5.85 Å². The molecule has 10 nitrogen and oxygen atoms in total. The Kier molecular flexibility index (Phi) is 4.52. The van der Waals surface area contributed by atoms with E-state index in [4.69, 9.17) is 34.6 Å². The number of benzene rings is 1. The monoisotopic (exact) mass is 463 g/mol. The molecular weight excluding hydrogens is 442 g/mol. The highest BCUT2D eigenvalue weighted by atomic mass is 32.1. The summed E-state index contributed by atoms with van der Waals surface area (Å²) < 4.78 is 73.1. The van der Waals surface area contributed by atoms with Gasteiger partial charge in [-0.2, -0.15) is 0 Å². The van der Waals surface area contributed by atoms with Crippen molar-refractivity contribution in [3.63, 3.8) is 0 Å². The number of para-hydroxylation sites is 1. The SMILES string of the molecule is [2H]C([2H])(OP1(=O)OCc2cccc(C)c2O1)[C@@]1(F)O[C@@]([2H])(n2ccc(=S)[nH]c2=O)[C@H](O)[C@@H]1O. The molecule has 0 amide bonds. The number of fused-ring (bicyclic) bond motifs is 1. The molecule has 0 bridgehead atoms. The molecular formula is C17H18FN2O8PS. The number of nitrogens with one attached hydrogen (secondary N) is 1. The van der Waals surface area contributed by atoms with E-state index in [-0.39, 0.29) is 17.0 Å². The number of hydrogen-bond acceptors (Lipinski definition) is 9. The molecule has 30 heavy (non-hydrogen) atoms. The zero-order valence-electron chi connectivity index (χ0n) is 18.3. The minimum atomic E-state index is -4.80. The van der Waals surface area contributed by atoms with E-state index in [1.165, 1.54) is 0 Å². The van der Waals surface area contributed by atoms with Gasteiger partial charge in [0.15, 0.2) is 6.20 Å². The Hall–Kier alpha value is -1.92. The van der Waals surface area contributed by atoms with E-state index in [0.29, 0.717) is 15.7 Å². The predicted molar refractivity (Wildman–Crippen MR) is 102 cm³/mol. The van der Waals surface area contributed by atoms with Gasteiger partial charge in [0.05, 0.1) is 10.7 Å². The van der Waals surface area contributed by atoms with E-state index in [9.17, 15) is 19.6 Å². The second-order valence-electron chi connectivity index (χ2n) is 6.52. The summed E-state index contributed by atoms with van der Waals surface area (Å²) in [5.41, 5.74) is -0.0961. The van der Waals surface area contributed by atoms with Crippen LogP contribution in [0.15, 0.2) is 35.3 Å². The van der Waals surface area contributed by atoms with Crippen molar-refractivity contribution in [2.75, 3.05) is 6.56 Å². The predicted octanol–water partition coefficient (Wildman–Crippen LogP) is 1.86. The fourth-order valence-corrected chi connectivity index (χ4v) is 4.19. The summed E-state index contributed by atoms with van der Waals surface area (Å²) in [6.45, 7) is -2.48. The van der Waals surface area contributed by atoms with Gasteiger partial charge in [-0.05, 0) is 18.6 Å². The molecule has 0 radical (unpaired) electrons. The first kappa shape index (κ1) is 17.7. The van der Waals surface area contributed by atoms with E-state index in [1.807, 2.05) is 0 Å². The lowest BCUT2D eigenvalue weighted by Crippen LogP contribution is -2.43. The maximum Gasteiger partial charge on any atom is 0.530 e. The number of aliphatic hydroxyl groups excluding tert-OH is 2. The zero-order valence-corrected chi connectivity index (χ0v) is 17.0. The van der Waals surface area contributed by atoms with E-state index >= 15 is 4.39 Å². The molecule has 1 aromatic heterocycles. The molecule has 1 fully saturated rings. The van der Waals surface area contributed by atoms with E-state index in [1.54, 1.807) is 25.1 Å². The van der Waals surface area contributed by atoms with Crippen LogP contribution in [0.2, 0.25) is 0 Å². The summed E-state index contributed by atoms with van der Waals surface area (Å²) in [4.78, 5) is 14.3. The Balaban J connectivity index is 1.67. The van der Waals surface area contributed by atoms with Gasteiger partial charge in [-0.1, -0.05) is 30.4 Å². The molecule has 0 aliphatic carbocycles. The number of aliphatic hydroxyl groups is 2. The molecule has 0 spiro atoms. The maximum absolute atomic E-state index is 15.8. The molecule has 5 atom stereocenters. The Morgan fingerprint density at radius 2 is 2.30 bits per heavy atom. The molecule has 4 rings (SSSR count). The number of nitrogens with zero attached hydrogens (tertiary/aromatic N) is 1. The van der Waals surface area contributed by atoms with Crippen LogP contribution in [0.25, 0.3) is 0 Å². The number of aryl methyl sites for hydroxylation is 1. The number of aromatic nitrogens is 2. The Bertz CT molecular complexity index is 1280. The average molecular weight is 463 g/mol. The number of alkyl halides is 1.